The summed E-state index contributed by atoms with van der Waals surface area (Å²) in [6.45, 7) is 0. The molecule has 0 bridgehead atoms. The average molecular weight is 281 g/mol. The Kier molecular flexibility index (Phi) is 2.99. The highest BCUT2D eigenvalue weighted by atomic mass is 35.5. The van der Waals surface area contributed by atoms with Gasteiger partial charge in [-0.2, -0.15) is 0 Å². The van der Waals surface area contributed by atoms with Gasteiger partial charge >= 0.3 is 0 Å². The molecule has 0 aliphatic rings. The average Bonchev–Trinajstić information content (AvgIpc) is 2.76. The smallest absolute Gasteiger partial charge is 0.0483 e. The number of hydrogen-bond acceptors (Lipinski definition) is 1. The van der Waals surface area contributed by atoms with Gasteiger partial charge in [0.1, 0.15) is 0 Å². The molecule has 0 N–H and O–H groups in total. The van der Waals surface area contributed by atoms with Crippen molar-refractivity contribution in [3.05, 3.63) is 47.5 Å². The van der Waals surface area contributed by atoms with Crippen LogP contribution >= 0.6 is 34.5 Å². The van der Waals surface area contributed by atoms with Crippen LogP contribution in [0.2, 0.25) is 0 Å². The van der Waals surface area contributed by atoms with Crippen LogP contribution in [0.1, 0.15) is 11.1 Å². The lowest BCUT2D eigenvalue weighted by Crippen LogP contribution is -1.88. The number of alkyl halides is 2. The van der Waals surface area contributed by atoms with Crippen molar-refractivity contribution in [3.63, 3.8) is 0 Å². The molecular weight excluding hydrogens is 271 g/mol. The van der Waals surface area contributed by atoms with Gasteiger partial charge < -0.3 is 0 Å². The molecule has 2 aromatic carbocycles. The fourth-order valence-corrected chi connectivity index (χ4v) is 3.90. The molecule has 1 heterocycles. The Hall–Kier alpha value is -0.760. The number of benzene rings is 2. The van der Waals surface area contributed by atoms with Crippen molar-refractivity contribution < 1.29 is 0 Å². The van der Waals surface area contributed by atoms with Crippen LogP contribution in [-0.2, 0) is 11.8 Å². The lowest BCUT2D eigenvalue weighted by molar-refractivity contribution is 1.31. The molecule has 3 aromatic rings. The maximum atomic E-state index is 6.09. The third-order valence-electron chi connectivity index (χ3n) is 3.03. The molecule has 0 aliphatic carbocycles. The highest BCUT2D eigenvalue weighted by Crippen LogP contribution is 2.38. The fraction of sp³-hybridized carbons (Fsp3) is 0.143. The van der Waals surface area contributed by atoms with Crippen LogP contribution in [0.15, 0.2) is 36.4 Å². The Morgan fingerprint density at radius 1 is 0.882 bits per heavy atom. The molecule has 3 rings (SSSR count). The van der Waals surface area contributed by atoms with E-state index in [0.29, 0.717) is 11.8 Å². The molecule has 0 amide bonds. The summed E-state index contributed by atoms with van der Waals surface area (Å²) in [7, 11) is 0. The standard InChI is InChI=1S/C14H10Cl2S/c15-7-9-5-6-13-14(11(9)8-16)10-3-1-2-4-12(10)17-13/h1-6H,7-8H2. The van der Waals surface area contributed by atoms with Crippen LogP contribution in [0.3, 0.4) is 0 Å². The third kappa shape index (κ3) is 1.74. The Morgan fingerprint density at radius 2 is 1.71 bits per heavy atom. The van der Waals surface area contributed by atoms with Gasteiger partial charge in [-0.15, -0.1) is 34.5 Å². The minimum atomic E-state index is 0.514. The normalized spacial score (nSPS) is 11.4. The Balaban J connectivity index is 2.51. The van der Waals surface area contributed by atoms with E-state index < -0.39 is 0 Å². The third-order valence-corrected chi connectivity index (χ3v) is 4.72. The van der Waals surface area contributed by atoms with E-state index in [2.05, 4.69) is 36.4 Å². The van der Waals surface area contributed by atoms with Crippen molar-refractivity contribution >= 4 is 54.7 Å². The minimum absolute atomic E-state index is 0.514. The maximum absolute atomic E-state index is 6.09. The van der Waals surface area contributed by atoms with E-state index in [9.17, 15) is 0 Å². The molecule has 0 aliphatic heterocycles. The lowest BCUT2D eigenvalue weighted by Gasteiger charge is -2.05. The molecule has 0 spiro atoms. The first kappa shape index (κ1) is 11.3. The van der Waals surface area contributed by atoms with Crippen molar-refractivity contribution in [2.75, 3.05) is 0 Å². The summed E-state index contributed by atoms with van der Waals surface area (Å²) in [5.41, 5.74) is 2.31. The monoisotopic (exact) mass is 280 g/mol. The number of rotatable bonds is 2. The lowest BCUT2D eigenvalue weighted by atomic mass is 10.0. The number of fused-ring (bicyclic) bond motifs is 3. The first-order valence-electron chi connectivity index (χ1n) is 5.39. The Bertz CT molecular complexity index is 685. The largest absolute Gasteiger partial charge is 0.135 e. The summed E-state index contributed by atoms with van der Waals surface area (Å²) in [5, 5.41) is 2.56. The van der Waals surface area contributed by atoms with Gasteiger partial charge in [0.05, 0.1) is 0 Å². The summed E-state index contributed by atoms with van der Waals surface area (Å²) < 4.78 is 2.59. The number of thiophene rings is 1. The molecule has 0 fully saturated rings. The Labute approximate surface area is 114 Å². The van der Waals surface area contributed by atoms with Crippen LogP contribution in [0.25, 0.3) is 20.2 Å². The van der Waals surface area contributed by atoms with Crippen molar-refractivity contribution in [1.82, 2.24) is 0 Å². The van der Waals surface area contributed by atoms with Crippen molar-refractivity contribution in [2.45, 2.75) is 11.8 Å². The van der Waals surface area contributed by atoms with Gasteiger partial charge in [-0.05, 0) is 23.3 Å². The van der Waals surface area contributed by atoms with E-state index in [1.165, 1.54) is 25.7 Å². The molecule has 0 atom stereocenters. The molecule has 1 aromatic heterocycles. The van der Waals surface area contributed by atoms with Crippen LogP contribution < -0.4 is 0 Å². The predicted octanol–water partition coefficient (Wildman–Crippen LogP) is 5.53. The van der Waals surface area contributed by atoms with Crippen LogP contribution in [0.5, 0.6) is 0 Å². The highest BCUT2D eigenvalue weighted by molar-refractivity contribution is 7.25. The molecule has 0 saturated heterocycles. The second-order valence-corrected chi connectivity index (χ2v) is 5.56. The van der Waals surface area contributed by atoms with Gasteiger partial charge in [-0.25, -0.2) is 0 Å². The fourth-order valence-electron chi connectivity index (χ4n) is 2.21. The summed E-state index contributed by atoms with van der Waals surface area (Å²) in [6, 6.07) is 12.7. The Morgan fingerprint density at radius 3 is 2.47 bits per heavy atom. The van der Waals surface area contributed by atoms with Gasteiger partial charge in [-0.1, -0.05) is 24.3 Å². The van der Waals surface area contributed by atoms with Crippen molar-refractivity contribution in [3.8, 4) is 0 Å². The quantitative estimate of drug-likeness (QED) is 0.541. The summed E-state index contributed by atoms with van der Waals surface area (Å²) in [5.74, 6) is 1.03. The topological polar surface area (TPSA) is 0 Å². The molecule has 0 saturated carbocycles. The molecular formula is C14H10Cl2S. The van der Waals surface area contributed by atoms with Gasteiger partial charge in [0.25, 0.3) is 0 Å². The molecule has 86 valence electrons. The van der Waals surface area contributed by atoms with E-state index >= 15 is 0 Å². The van der Waals surface area contributed by atoms with Gasteiger partial charge in [-0.3, -0.25) is 0 Å². The molecule has 17 heavy (non-hydrogen) atoms. The molecule has 0 unspecified atom stereocenters. The first-order valence-corrected chi connectivity index (χ1v) is 7.27. The zero-order valence-corrected chi connectivity index (χ0v) is 11.4. The molecule has 3 heteroatoms. The second kappa shape index (κ2) is 4.49. The van der Waals surface area contributed by atoms with Crippen molar-refractivity contribution in [2.24, 2.45) is 0 Å². The maximum Gasteiger partial charge on any atom is 0.0483 e. The van der Waals surface area contributed by atoms with E-state index in [1.807, 2.05) is 11.3 Å². The van der Waals surface area contributed by atoms with Gasteiger partial charge in [0, 0.05) is 31.9 Å². The summed E-state index contributed by atoms with van der Waals surface area (Å²) in [6.07, 6.45) is 0. The van der Waals surface area contributed by atoms with Crippen LogP contribution in [0, 0.1) is 0 Å². The van der Waals surface area contributed by atoms with E-state index in [-0.39, 0.29) is 0 Å². The predicted molar refractivity (Wildman–Crippen MR) is 78.4 cm³/mol. The summed E-state index contributed by atoms with van der Waals surface area (Å²) in [4.78, 5) is 0. The van der Waals surface area contributed by atoms with Gasteiger partial charge in [0.15, 0.2) is 0 Å². The number of hydrogen-bond donors (Lipinski definition) is 0. The molecule has 0 radical (unpaired) electrons. The van der Waals surface area contributed by atoms with E-state index in [0.717, 1.165) is 5.56 Å². The zero-order chi connectivity index (χ0) is 11.8. The minimum Gasteiger partial charge on any atom is -0.135 e. The highest BCUT2D eigenvalue weighted by Gasteiger charge is 2.11. The second-order valence-electron chi connectivity index (χ2n) is 3.94. The van der Waals surface area contributed by atoms with Gasteiger partial charge in [0.2, 0.25) is 0 Å². The first-order chi connectivity index (χ1) is 8.35. The summed E-state index contributed by atoms with van der Waals surface area (Å²) >= 11 is 13.9. The van der Waals surface area contributed by atoms with Crippen molar-refractivity contribution in [1.29, 1.82) is 0 Å². The zero-order valence-electron chi connectivity index (χ0n) is 9.04. The van der Waals surface area contributed by atoms with Crippen LogP contribution in [0.4, 0.5) is 0 Å². The number of halogens is 2. The molecule has 0 nitrogen and oxygen atoms in total. The van der Waals surface area contributed by atoms with Crippen LogP contribution in [-0.4, -0.2) is 0 Å². The SMILES string of the molecule is ClCc1ccc2sc3ccccc3c2c1CCl. The van der Waals surface area contributed by atoms with E-state index in [4.69, 9.17) is 23.2 Å². The van der Waals surface area contributed by atoms with E-state index in [1.54, 1.807) is 0 Å².